The van der Waals surface area contributed by atoms with E-state index in [0.717, 1.165) is 45.0 Å². The summed E-state index contributed by atoms with van der Waals surface area (Å²) in [6.07, 6.45) is 11.7. The van der Waals surface area contributed by atoms with Crippen LogP contribution in [0.15, 0.2) is 0 Å². The summed E-state index contributed by atoms with van der Waals surface area (Å²) >= 11 is 0. The minimum Gasteiger partial charge on any atom is -0.379 e. The number of unbranched alkanes of at least 4 members (excludes halogenated alkanes) is 3. The van der Waals surface area contributed by atoms with Gasteiger partial charge in [-0.1, -0.05) is 144 Å². The molecule has 0 saturated carbocycles. The Morgan fingerprint density at radius 2 is 0.544 bits per heavy atom. The molecule has 0 aliphatic rings. The first kappa shape index (κ1) is 74.1. The minimum absolute atomic E-state index is 0. The van der Waals surface area contributed by atoms with E-state index in [2.05, 4.69) is 90.0 Å². The third-order valence-electron chi connectivity index (χ3n) is 7.34. The van der Waals surface area contributed by atoms with Gasteiger partial charge in [-0.2, -0.15) is 0 Å². The van der Waals surface area contributed by atoms with Gasteiger partial charge in [0.1, 0.15) is 0 Å². The van der Waals surface area contributed by atoms with E-state index in [9.17, 15) is 0 Å². The highest BCUT2D eigenvalue weighted by molar-refractivity contribution is 4.56. The van der Waals surface area contributed by atoms with Crippen LogP contribution in [0, 0.1) is 11.8 Å². The summed E-state index contributed by atoms with van der Waals surface area (Å²) < 4.78 is 49.4. The van der Waals surface area contributed by atoms with E-state index < -0.39 is 0 Å². The van der Waals surface area contributed by atoms with Crippen LogP contribution in [0.2, 0.25) is 0 Å². The van der Waals surface area contributed by atoms with Crippen molar-refractivity contribution >= 4 is 0 Å². The van der Waals surface area contributed by atoms with E-state index in [4.69, 9.17) is 42.6 Å². The summed E-state index contributed by atoms with van der Waals surface area (Å²) in [5.74, 6) is 1.44. The van der Waals surface area contributed by atoms with E-state index in [1.54, 1.807) is 0 Å². The summed E-state index contributed by atoms with van der Waals surface area (Å²) in [6, 6.07) is 0. The summed E-state index contributed by atoms with van der Waals surface area (Å²) in [6.45, 7) is 43.4. The van der Waals surface area contributed by atoms with E-state index in [0.29, 0.717) is 84.7 Å². The van der Waals surface area contributed by atoms with Gasteiger partial charge in [0.25, 0.3) is 0 Å². The Morgan fingerprint density at radius 3 is 0.737 bits per heavy atom. The van der Waals surface area contributed by atoms with Gasteiger partial charge in [0.05, 0.1) is 97.1 Å². The lowest BCUT2D eigenvalue weighted by Gasteiger charge is -2.21. The molecule has 0 spiro atoms. The molecule has 57 heavy (non-hydrogen) atoms. The molecule has 0 fully saturated rings. The Kier molecular flexibility index (Phi) is 87.7. The predicted octanol–water partition coefficient (Wildman–Crippen LogP) is 13.5. The zero-order valence-corrected chi connectivity index (χ0v) is 39.4. The van der Waals surface area contributed by atoms with Crippen molar-refractivity contribution < 1.29 is 42.6 Å². The molecule has 0 aliphatic carbocycles. The van der Waals surface area contributed by atoms with Crippen LogP contribution in [-0.4, -0.2) is 117 Å². The van der Waals surface area contributed by atoms with Gasteiger partial charge in [-0.05, 0) is 58.8 Å². The molecule has 0 rings (SSSR count). The highest BCUT2D eigenvalue weighted by Gasteiger charge is 2.11. The lowest BCUT2D eigenvalue weighted by atomic mass is 10.2. The topological polar surface area (TPSA) is 83.1 Å². The first-order valence-corrected chi connectivity index (χ1v) is 22.2. The number of hydrogen-bond donors (Lipinski definition) is 0. The molecule has 0 aromatic heterocycles. The zero-order chi connectivity index (χ0) is 42.1. The second-order valence-corrected chi connectivity index (χ2v) is 14.6. The molecular formula is C48H112O9. The summed E-state index contributed by atoms with van der Waals surface area (Å²) in [5, 5.41) is 0. The highest BCUT2D eigenvalue weighted by Crippen LogP contribution is 2.04. The van der Waals surface area contributed by atoms with Crippen LogP contribution < -0.4 is 0 Å². The first-order chi connectivity index (χ1) is 25.9. The number of rotatable bonds is 33. The number of hydrogen-bond acceptors (Lipinski definition) is 9. The fourth-order valence-electron chi connectivity index (χ4n) is 3.14. The smallest absolute Gasteiger partial charge is 0.0781 e. The lowest BCUT2D eigenvalue weighted by Crippen LogP contribution is -2.27. The van der Waals surface area contributed by atoms with Gasteiger partial charge >= 0.3 is 0 Å². The fourth-order valence-corrected chi connectivity index (χ4v) is 3.14. The van der Waals surface area contributed by atoms with Crippen LogP contribution in [0.5, 0.6) is 0 Å². The Hall–Kier alpha value is -0.360. The van der Waals surface area contributed by atoms with Crippen molar-refractivity contribution in [2.75, 3.05) is 92.5 Å². The predicted molar refractivity (Wildman–Crippen MR) is 253 cm³/mol. The maximum absolute atomic E-state index is 5.74. The van der Waals surface area contributed by atoms with E-state index in [-0.39, 0.29) is 40.6 Å². The SMILES string of the molecule is C.C.C.CCC(C)C.CCC(C)OCC(C)OCC(C)OCC(C)OCC(C)C.CCCC.CCCCC.CCCOCCOCCOCCOCCOCCC. The first-order valence-electron chi connectivity index (χ1n) is 22.2. The molecule has 4 unspecified atom stereocenters. The van der Waals surface area contributed by atoms with Crippen molar-refractivity contribution in [2.45, 2.75) is 215 Å². The van der Waals surface area contributed by atoms with Gasteiger partial charge in [-0.15, -0.1) is 0 Å². The average molecular weight is 833 g/mol. The maximum Gasteiger partial charge on any atom is 0.0781 e. The Labute approximate surface area is 361 Å². The molecule has 0 aliphatic heterocycles. The molecule has 4 atom stereocenters. The highest BCUT2D eigenvalue weighted by atomic mass is 16.6. The molecule has 0 heterocycles. The standard InChI is InChI=1S/C17H36O4.C14H30O5.2C5H12.C4H10.3CH4/c1-8-14(4)19-10-16(6)21-12-17(7)20-11-15(5)18-9-13(2)3;1-3-5-15-7-9-17-11-13-19-14-12-18-10-8-16-6-4-2;1-4-5(2)3;1-3-5-4-2;1-3-4-2;;;/h13-17H,8-12H2,1-7H3;3-14H2,1-2H3;5H,4H2,1-3H3;3-5H2,1-2H3;3-4H2,1-2H3;3*1H4. The normalized spacial score (nSPS) is 12.3. The quantitative estimate of drug-likeness (QED) is 0.0600. The third kappa shape index (κ3) is 88.1. The Morgan fingerprint density at radius 1 is 0.281 bits per heavy atom. The van der Waals surface area contributed by atoms with Crippen molar-refractivity contribution in [3.63, 3.8) is 0 Å². The molecule has 0 N–H and O–H groups in total. The summed E-state index contributed by atoms with van der Waals surface area (Å²) in [5.41, 5.74) is 0. The van der Waals surface area contributed by atoms with Crippen LogP contribution in [0.1, 0.15) is 191 Å². The Bertz CT molecular complexity index is 576. The van der Waals surface area contributed by atoms with Crippen LogP contribution in [0.3, 0.4) is 0 Å². The maximum atomic E-state index is 5.74. The van der Waals surface area contributed by atoms with Crippen molar-refractivity contribution in [2.24, 2.45) is 11.8 Å². The molecule has 0 bridgehead atoms. The molecule has 358 valence electrons. The van der Waals surface area contributed by atoms with Crippen molar-refractivity contribution in [1.29, 1.82) is 0 Å². The van der Waals surface area contributed by atoms with Crippen molar-refractivity contribution in [3.05, 3.63) is 0 Å². The zero-order valence-electron chi connectivity index (χ0n) is 39.4. The van der Waals surface area contributed by atoms with Gasteiger partial charge in [0.2, 0.25) is 0 Å². The van der Waals surface area contributed by atoms with Gasteiger partial charge < -0.3 is 42.6 Å². The fraction of sp³-hybridized carbons (Fsp3) is 1.00. The molecule has 0 aromatic rings. The van der Waals surface area contributed by atoms with Gasteiger partial charge in [-0.25, -0.2) is 0 Å². The second kappa shape index (κ2) is 67.4. The summed E-state index contributed by atoms with van der Waals surface area (Å²) in [4.78, 5) is 0. The molecule has 0 amide bonds. The van der Waals surface area contributed by atoms with Crippen LogP contribution in [0.4, 0.5) is 0 Å². The summed E-state index contributed by atoms with van der Waals surface area (Å²) in [7, 11) is 0. The molecule has 9 nitrogen and oxygen atoms in total. The van der Waals surface area contributed by atoms with Crippen LogP contribution >= 0.6 is 0 Å². The van der Waals surface area contributed by atoms with Crippen LogP contribution in [0.25, 0.3) is 0 Å². The van der Waals surface area contributed by atoms with Gasteiger partial charge in [-0.3, -0.25) is 0 Å². The molecule has 0 aromatic carbocycles. The van der Waals surface area contributed by atoms with E-state index >= 15 is 0 Å². The monoisotopic (exact) mass is 833 g/mol. The minimum atomic E-state index is 0. The molecule has 0 radical (unpaired) electrons. The van der Waals surface area contributed by atoms with Crippen molar-refractivity contribution in [3.8, 4) is 0 Å². The van der Waals surface area contributed by atoms with Gasteiger partial charge in [0.15, 0.2) is 0 Å². The van der Waals surface area contributed by atoms with Crippen molar-refractivity contribution in [1.82, 2.24) is 0 Å². The van der Waals surface area contributed by atoms with E-state index in [1.165, 1.54) is 38.5 Å². The lowest BCUT2D eigenvalue weighted by molar-refractivity contribution is -0.0874. The van der Waals surface area contributed by atoms with Gasteiger partial charge in [0, 0.05) is 19.8 Å². The van der Waals surface area contributed by atoms with E-state index in [1.807, 2.05) is 20.8 Å². The molecule has 9 heteroatoms. The number of ether oxygens (including phenoxy) is 9. The molecule has 0 saturated heterocycles. The molecular weight excluding hydrogens is 721 g/mol. The van der Waals surface area contributed by atoms with Crippen LogP contribution in [-0.2, 0) is 42.6 Å². The Balaban J connectivity index is -0.000000101. The largest absolute Gasteiger partial charge is 0.379 e. The second-order valence-electron chi connectivity index (χ2n) is 14.6. The third-order valence-corrected chi connectivity index (χ3v) is 7.34. The average Bonchev–Trinajstić information content (AvgIpc) is 3.17.